The first-order valence-corrected chi connectivity index (χ1v) is 6.24. The highest BCUT2D eigenvalue weighted by Crippen LogP contribution is 2.09. The molecule has 7 nitrogen and oxygen atoms in total. The first-order chi connectivity index (χ1) is 9.06. The number of carbonyl (C=O) groups excluding carboxylic acids is 2. The van der Waals surface area contributed by atoms with E-state index < -0.39 is 6.09 Å². The molecule has 0 radical (unpaired) electrons. The number of hydrogen-bond donors (Lipinski definition) is 1. The lowest BCUT2D eigenvalue weighted by molar-refractivity contribution is -0.130. The van der Waals surface area contributed by atoms with Crippen LogP contribution in [0.3, 0.4) is 0 Å². The number of carbonyl (C=O) groups is 2. The SMILES string of the molecule is COC(=O)NC1CCN(CC(=O)N(C)CCC#N)C1. The predicted molar refractivity (Wildman–Crippen MR) is 68.3 cm³/mol. The number of rotatable bonds is 5. The van der Waals surface area contributed by atoms with Crippen LogP contribution in [0.1, 0.15) is 12.8 Å². The maximum absolute atomic E-state index is 11.9. The third kappa shape index (κ3) is 5.14. The number of likely N-dealkylation sites (tertiary alicyclic amines) is 1. The molecule has 1 saturated heterocycles. The van der Waals surface area contributed by atoms with Crippen molar-refractivity contribution in [1.29, 1.82) is 5.26 Å². The number of nitriles is 1. The molecule has 0 bridgehead atoms. The number of alkyl carbamates (subject to hydrolysis) is 1. The normalized spacial score (nSPS) is 18.7. The Bertz CT molecular complexity index is 366. The van der Waals surface area contributed by atoms with Crippen molar-refractivity contribution in [1.82, 2.24) is 15.1 Å². The molecule has 0 aliphatic carbocycles. The van der Waals surface area contributed by atoms with Gasteiger partial charge in [0.1, 0.15) is 0 Å². The van der Waals surface area contributed by atoms with Gasteiger partial charge >= 0.3 is 6.09 Å². The van der Waals surface area contributed by atoms with Crippen molar-refractivity contribution in [3.63, 3.8) is 0 Å². The summed E-state index contributed by atoms with van der Waals surface area (Å²) in [4.78, 5) is 26.5. The summed E-state index contributed by atoms with van der Waals surface area (Å²) in [5.41, 5.74) is 0. The molecule has 2 amide bonds. The first kappa shape index (κ1) is 15.2. The average molecular weight is 268 g/mol. The van der Waals surface area contributed by atoms with E-state index >= 15 is 0 Å². The number of methoxy groups -OCH3 is 1. The van der Waals surface area contributed by atoms with E-state index in [0.717, 1.165) is 13.0 Å². The van der Waals surface area contributed by atoms with Gasteiger partial charge in [-0.2, -0.15) is 5.26 Å². The molecule has 1 rings (SSSR count). The van der Waals surface area contributed by atoms with Crippen molar-refractivity contribution in [2.24, 2.45) is 0 Å². The quantitative estimate of drug-likeness (QED) is 0.745. The highest BCUT2D eigenvalue weighted by Gasteiger charge is 2.26. The first-order valence-electron chi connectivity index (χ1n) is 6.24. The monoisotopic (exact) mass is 268 g/mol. The molecule has 1 aliphatic rings. The van der Waals surface area contributed by atoms with Crippen molar-refractivity contribution in [2.75, 3.05) is 40.3 Å². The lowest BCUT2D eigenvalue weighted by Gasteiger charge is -2.20. The van der Waals surface area contributed by atoms with E-state index in [9.17, 15) is 9.59 Å². The number of likely N-dealkylation sites (N-methyl/N-ethyl adjacent to an activating group) is 1. The number of nitrogens with one attached hydrogen (secondary N) is 1. The van der Waals surface area contributed by atoms with Crippen LogP contribution in [0.25, 0.3) is 0 Å². The Labute approximate surface area is 113 Å². The minimum Gasteiger partial charge on any atom is -0.453 e. The zero-order valence-electron chi connectivity index (χ0n) is 11.4. The van der Waals surface area contributed by atoms with E-state index in [1.165, 1.54) is 7.11 Å². The van der Waals surface area contributed by atoms with Gasteiger partial charge in [0.2, 0.25) is 5.91 Å². The third-order valence-corrected chi connectivity index (χ3v) is 3.12. The topological polar surface area (TPSA) is 85.7 Å². The lowest BCUT2D eigenvalue weighted by Crippen LogP contribution is -2.40. The number of nitrogens with zero attached hydrogens (tertiary/aromatic N) is 3. The van der Waals surface area contributed by atoms with Crippen LogP contribution in [0.2, 0.25) is 0 Å². The Morgan fingerprint density at radius 1 is 1.58 bits per heavy atom. The molecular formula is C12H20N4O3. The van der Waals surface area contributed by atoms with Crippen LogP contribution in [0.4, 0.5) is 4.79 Å². The van der Waals surface area contributed by atoms with Crippen molar-refractivity contribution in [3.05, 3.63) is 0 Å². The van der Waals surface area contributed by atoms with Crippen molar-refractivity contribution >= 4 is 12.0 Å². The average Bonchev–Trinajstić information content (AvgIpc) is 2.82. The van der Waals surface area contributed by atoms with Crippen LogP contribution in [0, 0.1) is 11.3 Å². The summed E-state index contributed by atoms with van der Waals surface area (Å²) in [6.07, 6.45) is 0.711. The molecule has 0 spiro atoms. The number of amides is 2. The van der Waals surface area contributed by atoms with Gasteiger partial charge in [-0.15, -0.1) is 0 Å². The standard InChI is InChI=1S/C12H20N4O3/c1-15(6-3-5-13)11(17)9-16-7-4-10(8-16)14-12(18)19-2/h10H,3-4,6-9H2,1-2H3,(H,14,18). The minimum absolute atomic E-state index is 0.00559. The molecule has 1 fully saturated rings. The second kappa shape index (κ2) is 7.59. The molecule has 1 atom stereocenters. The van der Waals surface area contributed by atoms with Gasteiger partial charge in [-0.3, -0.25) is 9.69 Å². The molecule has 0 saturated carbocycles. The lowest BCUT2D eigenvalue weighted by atomic mass is 10.3. The largest absolute Gasteiger partial charge is 0.453 e. The molecule has 1 unspecified atom stereocenters. The molecule has 106 valence electrons. The predicted octanol–water partition coefficient (Wildman–Crippen LogP) is -0.211. The fourth-order valence-corrected chi connectivity index (χ4v) is 1.97. The number of ether oxygens (including phenoxy) is 1. The summed E-state index contributed by atoms with van der Waals surface area (Å²) in [5.74, 6) is -0.00559. The van der Waals surface area contributed by atoms with Crippen molar-refractivity contribution in [3.8, 4) is 6.07 Å². The Morgan fingerprint density at radius 2 is 2.32 bits per heavy atom. The summed E-state index contributed by atoms with van der Waals surface area (Å²) < 4.78 is 4.54. The third-order valence-electron chi connectivity index (χ3n) is 3.12. The molecule has 0 aromatic carbocycles. The highest BCUT2D eigenvalue weighted by molar-refractivity contribution is 5.78. The Balaban J connectivity index is 2.29. The maximum Gasteiger partial charge on any atom is 0.407 e. The highest BCUT2D eigenvalue weighted by atomic mass is 16.5. The van der Waals surface area contributed by atoms with E-state index in [-0.39, 0.29) is 11.9 Å². The number of hydrogen-bond acceptors (Lipinski definition) is 5. The Hall–Kier alpha value is -1.81. The zero-order chi connectivity index (χ0) is 14.3. The van der Waals surface area contributed by atoms with Crippen molar-refractivity contribution < 1.29 is 14.3 Å². The van der Waals surface area contributed by atoms with Crippen LogP contribution in [-0.4, -0.2) is 68.2 Å². The van der Waals surface area contributed by atoms with Crippen LogP contribution in [-0.2, 0) is 9.53 Å². The summed E-state index contributed by atoms with van der Waals surface area (Å²) in [6, 6.07) is 2.05. The minimum atomic E-state index is -0.440. The smallest absolute Gasteiger partial charge is 0.407 e. The summed E-state index contributed by atoms with van der Waals surface area (Å²) >= 11 is 0. The Kier molecular flexibility index (Phi) is 6.09. The van der Waals surface area contributed by atoms with E-state index in [2.05, 4.69) is 10.1 Å². The molecule has 19 heavy (non-hydrogen) atoms. The van der Waals surface area contributed by atoms with Gasteiger partial charge in [-0.05, 0) is 6.42 Å². The van der Waals surface area contributed by atoms with E-state index in [0.29, 0.717) is 26.1 Å². The van der Waals surface area contributed by atoms with Crippen LogP contribution >= 0.6 is 0 Å². The van der Waals surface area contributed by atoms with E-state index in [1.54, 1.807) is 11.9 Å². The fourth-order valence-electron chi connectivity index (χ4n) is 1.97. The second-order valence-corrected chi connectivity index (χ2v) is 4.58. The molecule has 1 aliphatic heterocycles. The summed E-state index contributed by atoms with van der Waals surface area (Å²) in [7, 11) is 3.02. The van der Waals surface area contributed by atoms with Gasteiger partial charge in [0.25, 0.3) is 0 Å². The molecule has 1 heterocycles. The van der Waals surface area contributed by atoms with Gasteiger partial charge in [-0.1, -0.05) is 0 Å². The second-order valence-electron chi connectivity index (χ2n) is 4.58. The summed E-state index contributed by atoms with van der Waals surface area (Å²) in [6.45, 7) is 2.19. The van der Waals surface area contributed by atoms with Gasteiger partial charge in [0, 0.05) is 32.7 Å². The fraction of sp³-hybridized carbons (Fsp3) is 0.750. The molecule has 1 N–H and O–H groups in total. The summed E-state index contributed by atoms with van der Waals surface area (Å²) in [5, 5.41) is 11.2. The molecule has 7 heteroatoms. The van der Waals surface area contributed by atoms with Gasteiger partial charge in [-0.25, -0.2) is 4.79 Å². The molecule has 0 aromatic rings. The van der Waals surface area contributed by atoms with E-state index in [4.69, 9.17) is 5.26 Å². The zero-order valence-corrected chi connectivity index (χ0v) is 11.4. The van der Waals surface area contributed by atoms with E-state index in [1.807, 2.05) is 11.0 Å². The van der Waals surface area contributed by atoms with Gasteiger partial charge in [0.15, 0.2) is 0 Å². The van der Waals surface area contributed by atoms with Crippen LogP contribution in [0.15, 0.2) is 0 Å². The Morgan fingerprint density at radius 3 is 2.95 bits per heavy atom. The van der Waals surface area contributed by atoms with Crippen molar-refractivity contribution in [2.45, 2.75) is 18.9 Å². The molecule has 0 aromatic heterocycles. The maximum atomic E-state index is 11.9. The van der Waals surface area contributed by atoms with Gasteiger partial charge in [0.05, 0.1) is 26.1 Å². The van der Waals surface area contributed by atoms with Gasteiger partial charge < -0.3 is 15.0 Å². The van der Waals surface area contributed by atoms with Crippen LogP contribution < -0.4 is 5.32 Å². The molecular weight excluding hydrogens is 248 g/mol. The van der Waals surface area contributed by atoms with Crippen LogP contribution in [0.5, 0.6) is 0 Å².